The average molecular weight is 142 g/mol. The van der Waals surface area contributed by atoms with Crippen LogP contribution < -0.4 is 0 Å². The summed E-state index contributed by atoms with van der Waals surface area (Å²) in [4.78, 5) is 10.6. The third-order valence-corrected chi connectivity index (χ3v) is 1.07. The van der Waals surface area contributed by atoms with Gasteiger partial charge in [0.25, 0.3) is 0 Å². The minimum absolute atomic E-state index is 0.0519. The Balaban J connectivity index is 3.03. The summed E-state index contributed by atoms with van der Waals surface area (Å²) < 4.78 is 5.09. The molecule has 0 radical (unpaired) electrons. The first-order valence-corrected chi connectivity index (χ1v) is 3.54. The van der Waals surface area contributed by atoms with Crippen LogP contribution in [0.2, 0.25) is 0 Å². The number of allylic oxidation sites excluding steroid dienone is 1. The van der Waals surface area contributed by atoms with E-state index in [1.54, 1.807) is 0 Å². The molecule has 0 spiro atoms. The molecule has 0 aromatic carbocycles. The number of ether oxygens (including phenoxy) is 1. The van der Waals surface area contributed by atoms with Gasteiger partial charge < -0.3 is 4.74 Å². The number of hydrogen-bond donors (Lipinski definition) is 0. The van der Waals surface area contributed by atoms with E-state index in [0.717, 1.165) is 13.0 Å². The number of rotatable bonds is 6. The van der Waals surface area contributed by atoms with E-state index in [1.807, 2.05) is 6.92 Å². The van der Waals surface area contributed by atoms with Gasteiger partial charge in [-0.05, 0) is 12.5 Å². The van der Waals surface area contributed by atoms with Crippen LogP contribution in [-0.4, -0.2) is 19.0 Å². The minimum atomic E-state index is 0.0519. The van der Waals surface area contributed by atoms with E-state index >= 15 is 0 Å². The molecule has 0 aliphatic heterocycles. The Morgan fingerprint density at radius 2 is 2.30 bits per heavy atom. The van der Waals surface area contributed by atoms with Gasteiger partial charge in [-0.15, -0.1) is 0 Å². The van der Waals surface area contributed by atoms with Crippen LogP contribution in [-0.2, 0) is 9.53 Å². The summed E-state index contributed by atoms with van der Waals surface area (Å²) in [6, 6.07) is 0. The molecule has 0 N–H and O–H groups in total. The predicted molar refractivity (Wildman–Crippen MR) is 40.9 cm³/mol. The van der Waals surface area contributed by atoms with Crippen molar-refractivity contribution in [2.45, 2.75) is 19.8 Å². The van der Waals surface area contributed by atoms with Crippen molar-refractivity contribution >= 4 is 5.78 Å². The summed E-state index contributed by atoms with van der Waals surface area (Å²) in [6.07, 6.45) is 2.79. The second-order valence-electron chi connectivity index (χ2n) is 2.03. The lowest BCUT2D eigenvalue weighted by molar-refractivity contribution is -0.115. The Labute approximate surface area is 61.9 Å². The van der Waals surface area contributed by atoms with Crippen molar-refractivity contribution in [1.82, 2.24) is 0 Å². The fourth-order valence-electron chi connectivity index (χ4n) is 0.521. The molecule has 58 valence electrons. The first-order valence-electron chi connectivity index (χ1n) is 3.54. The van der Waals surface area contributed by atoms with Gasteiger partial charge in [-0.25, -0.2) is 0 Å². The molecule has 2 nitrogen and oxygen atoms in total. The maximum absolute atomic E-state index is 10.6. The molecule has 10 heavy (non-hydrogen) atoms. The van der Waals surface area contributed by atoms with E-state index < -0.39 is 0 Å². The smallest absolute Gasteiger partial charge is 0.157 e. The van der Waals surface area contributed by atoms with Crippen molar-refractivity contribution in [2.75, 3.05) is 13.2 Å². The quantitative estimate of drug-likeness (QED) is 0.415. The van der Waals surface area contributed by atoms with Gasteiger partial charge in [-0.2, -0.15) is 0 Å². The summed E-state index contributed by atoms with van der Waals surface area (Å²) in [5.41, 5.74) is 0. The maximum atomic E-state index is 10.6. The number of carbonyl (C=O) groups excluding carboxylic acids is 1. The molecule has 0 fully saturated rings. The van der Waals surface area contributed by atoms with Crippen molar-refractivity contribution < 1.29 is 9.53 Å². The lowest BCUT2D eigenvalue weighted by atomic mass is 10.3. The summed E-state index contributed by atoms with van der Waals surface area (Å²) in [5.74, 6) is 0.0519. The molecule has 0 amide bonds. The first-order chi connectivity index (χ1) is 4.81. The lowest BCUT2D eigenvalue weighted by Gasteiger charge is -1.97. The average Bonchev–Trinajstić information content (AvgIpc) is 1.98. The van der Waals surface area contributed by atoms with Crippen molar-refractivity contribution in [1.29, 1.82) is 0 Å². The fraction of sp³-hybridized carbons (Fsp3) is 0.625. The molecule has 0 aromatic rings. The van der Waals surface area contributed by atoms with E-state index in [-0.39, 0.29) is 5.78 Å². The van der Waals surface area contributed by atoms with Crippen molar-refractivity contribution in [3.8, 4) is 0 Å². The third kappa shape index (κ3) is 5.51. The summed E-state index contributed by atoms with van der Waals surface area (Å²) in [6.45, 7) is 6.66. The first kappa shape index (κ1) is 9.37. The number of ketones is 1. The number of carbonyl (C=O) groups is 1. The Kier molecular flexibility index (Phi) is 6.08. The van der Waals surface area contributed by atoms with E-state index in [4.69, 9.17) is 4.74 Å². The molecule has 0 heterocycles. The molecule has 0 unspecified atom stereocenters. The van der Waals surface area contributed by atoms with Crippen LogP contribution in [0, 0.1) is 0 Å². The van der Waals surface area contributed by atoms with Gasteiger partial charge in [0.05, 0.1) is 6.61 Å². The predicted octanol–water partition coefficient (Wildman–Crippen LogP) is 1.56. The highest BCUT2D eigenvalue weighted by Gasteiger charge is 1.93. The van der Waals surface area contributed by atoms with E-state index in [2.05, 4.69) is 6.58 Å². The maximum Gasteiger partial charge on any atom is 0.157 e. The number of hydrogen-bond acceptors (Lipinski definition) is 2. The van der Waals surface area contributed by atoms with Crippen LogP contribution in [0.5, 0.6) is 0 Å². The van der Waals surface area contributed by atoms with Crippen LogP contribution >= 0.6 is 0 Å². The Hall–Kier alpha value is -0.630. The van der Waals surface area contributed by atoms with Crippen LogP contribution in [0.4, 0.5) is 0 Å². The van der Waals surface area contributed by atoms with Crippen LogP contribution in [0.25, 0.3) is 0 Å². The second kappa shape index (κ2) is 6.49. The molecule has 0 bridgehead atoms. The van der Waals surface area contributed by atoms with Gasteiger partial charge in [-0.1, -0.05) is 13.5 Å². The summed E-state index contributed by atoms with van der Waals surface area (Å²) >= 11 is 0. The van der Waals surface area contributed by atoms with E-state index in [9.17, 15) is 4.79 Å². The Bertz CT molecular complexity index is 108. The molecule has 0 saturated carbocycles. The van der Waals surface area contributed by atoms with Gasteiger partial charge in [0, 0.05) is 13.0 Å². The topological polar surface area (TPSA) is 26.3 Å². The van der Waals surface area contributed by atoms with E-state index in [0.29, 0.717) is 13.0 Å². The standard InChI is InChI=1S/C8H14O2/c1-3-6-10-7-5-8(9)4-2/h4H,2-3,5-7H2,1H3. The molecule has 0 rings (SSSR count). The highest BCUT2D eigenvalue weighted by atomic mass is 16.5. The SMILES string of the molecule is C=CC(=O)CCOCCC. The normalized spacial score (nSPS) is 9.30. The third-order valence-electron chi connectivity index (χ3n) is 1.07. The molecule has 0 aliphatic rings. The molecule has 0 saturated heterocycles. The van der Waals surface area contributed by atoms with Gasteiger partial charge in [0.1, 0.15) is 0 Å². The highest BCUT2D eigenvalue weighted by molar-refractivity contribution is 5.89. The largest absolute Gasteiger partial charge is 0.381 e. The zero-order valence-corrected chi connectivity index (χ0v) is 6.43. The molecule has 0 aromatic heterocycles. The molecular weight excluding hydrogens is 128 g/mol. The zero-order valence-electron chi connectivity index (χ0n) is 6.43. The highest BCUT2D eigenvalue weighted by Crippen LogP contribution is 1.87. The molecule has 2 heteroatoms. The van der Waals surface area contributed by atoms with Gasteiger partial charge in [0.15, 0.2) is 5.78 Å². The monoisotopic (exact) mass is 142 g/mol. The van der Waals surface area contributed by atoms with Crippen LogP contribution in [0.3, 0.4) is 0 Å². The van der Waals surface area contributed by atoms with Crippen molar-refractivity contribution in [2.24, 2.45) is 0 Å². The van der Waals surface area contributed by atoms with Crippen LogP contribution in [0.1, 0.15) is 19.8 Å². The molecule has 0 atom stereocenters. The van der Waals surface area contributed by atoms with Gasteiger partial charge in [0.2, 0.25) is 0 Å². The minimum Gasteiger partial charge on any atom is -0.381 e. The zero-order chi connectivity index (χ0) is 7.82. The Morgan fingerprint density at radius 3 is 2.80 bits per heavy atom. The van der Waals surface area contributed by atoms with Crippen LogP contribution in [0.15, 0.2) is 12.7 Å². The summed E-state index contributed by atoms with van der Waals surface area (Å²) in [7, 11) is 0. The Morgan fingerprint density at radius 1 is 1.60 bits per heavy atom. The molecular formula is C8H14O2. The summed E-state index contributed by atoms with van der Waals surface area (Å²) in [5, 5.41) is 0. The second-order valence-corrected chi connectivity index (χ2v) is 2.03. The molecule has 0 aliphatic carbocycles. The van der Waals surface area contributed by atoms with Crippen molar-refractivity contribution in [3.05, 3.63) is 12.7 Å². The van der Waals surface area contributed by atoms with E-state index in [1.165, 1.54) is 6.08 Å². The van der Waals surface area contributed by atoms with Gasteiger partial charge >= 0.3 is 0 Å². The fourth-order valence-corrected chi connectivity index (χ4v) is 0.521. The van der Waals surface area contributed by atoms with Crippen molar-refractivity contribution in [3.63, 3.8) is 0 Å². The van der Waals surface area contributed by atoms with Gasteiger partial charge in [-0.3, -0.25) is 4.79 Å². The lowest BCUT2D eigenvalue weighted by Crippen LogP contribution is -2.01.